The quantitative estimate of drug-likeness (QED) is 0.784. The molecule has 2 heterocycles. The van der Waals surface area contributed by atoms with Crippen LogP contribution in [0.2, 0.25) is 0 Å². The number of rotatable bonds is 3. The van der Waals surface area contributed by atoms with E-state index in [9.17, 15) is 4.79 Å². The lowest BCUT2D eigenvalue weighted by Gasteiger charge is -2.07. The molecule has 0 atom stereocenters. The SMILES string of the molecule is CCc1ccccc1C(=O)Nc1n[nH]c2c1CNC2. The smallest absolute Gasteiger partial charge is 0.257 e. The van der Waals surface area contributed by atoms with Crippen LogP contribution < -0.4 is 10.6 Å². The van der Waals surface area contributed by atoms with E-state index in [1.54, 1.807) is 0 Å². The minimum atomic E-state index is -0.0985. The third kappa shape index (κ3) is 2.13. The van der Waals surface area contributed by atoms with Gasteiger partial charge in [-0.3, -0.25) is 9.89 Å². The molecular formula is C14H16N4O. The van der Waals surface area contributed by atoms with Crippen molar-refractivity contribution in [2.24, 2.45) is 0 Å². The van der Waals surface area contributed by atoms with Gasteiger partial charge in [0.1, 0.15) is 0 Å². The van der Waals surface area contributed by atoms with Crippen LogP contribution in [0.25, 0.3) is 0 Å². The normalized spacial score (nSPS) is 13.3. The van der Waals surface area contributed by atoms with Gasteiger partial charge in [0.2, 0.25) is 0 Å². The molecule has 0 saturated heterocycles. The zero-order valence-corrected chi connectivity index (χ0v) is 10.8. The molecule has 5 nitrogen and oxygen atoms in total. The average molecular weight is 256 g/mol. The molecule has 0 saturated carbocycles. The number of H-pyrrole nitrogens is 1. The molecule has 0 fully saturated rings. The van der Waals surface area contributed by atoms with Crippen LogP contribution in [0.5, 0.6) is 0 Å². The molecule has 1 aliphatic heterocycles. The van der Waals surface area contributed by atoms with E-state index in [0.717, 1.165) is 36.3 Å². The van der Waals surface area contributed by atoms with Gasteiger partial charge in [-0.1, -0.05) is 25.1 Å². The zero-order valence-electron chi connectivity index (χ0n) is 10.8. The fourth-order valence-corrected chi connectivity index (χ4v) is 2.38. The van der Waals surface area contributed by atoms with Gasteiger partial charge in [-0.2, -0.15) is 5.10 Å². The molecule has 0 bridgehead atoms. The Morgan fingerprint density at radius 3 is 3.05 bits per heavy atom. The number of amides is 1. The fourth-order valence-electron chi connectivity index (χ4n) is 2.38. The molecule has 1 aromatic heterocycles. The Kier molecular flexibility index (Phi) is 3.05. The fraction of sp³-hybridized carbons (Fsp3) is 0.286. The number of hydrogen-bond donors (Lipinski definition) is 3. The molecule has 3 N–H and O–H groups in total. The lowest BCUT2D eigenvalue weighted by Crippen LogP contribution is -2.15. The molecule has 0 unspecified atom stereocenters. The van der Waals surface area contributed by atoms with Crippen LogP contribution in [0.4, 0.5) is 5.82 Å². The maximum Gasteiger partial charge on any atom is 0.257 e. The summed E-state index contributed by atoms with van der Waals surface area (Å²) < 4.78 is 0. The van der Waals surface area contributed by atoms with E-state index in [4.69, 9.17) is 0 Å². The van der Waals surface area contributed by atoms with Gasteiger partial charge in [0.25, 0.3) is 5.91 Å². The van der Waals surface area contributed by atoms with Gasteiger partial charge in [-0.05, 0) is 18.1 Å². The average Bonchev–Trinajstić information content (AvgIpc) is 3.03. The number of fused-ring (bicyclic) bond motifs is 1. The largest absolute Gasteiger partial charge is 0.307 e. The zero-order chi connectivity index (χ0) is 13.2. The van der Waals surface area contributed by atoms with E-state index in [0.29, 0.717) is 11.4 Å². The van der Waals surface area contributed by atoms with Crippen LogP contribution in [-0.2, 0) is 19.5 Å². The minimum Gasteiger partial charge on any atom is -0.307 e. The number of carbonyl (C=O) groups excluding carboxylic acids is 1. The van der Waals surface area contributed by atoms with Crippen molar-refractivity contribution in [3.8, 4) is 0 Å². The molecular weight excluding hydrogens is 240 g/mol. The van der Waals surface area contributed by atoms with E-state index in [2.05, 4.69) is 20.8 Å². The minimum absolute atomic E-state index is 0.0985. The van der Waals surface area contributed by atoms with Crippen molar-refractivity contribution in [1.82, 2.24) is 15.5 Å². The van der Waals surface area contributed by atoms with E-state index < -0.39 is 0 Å². The number of carbonyl (C=O) groups is 1. The van der Waals surface area contributed by atoms with Gasteiger partial charge in [0.05, 0.1) is 5.69 Å². The van der Waals surface area contributed by atoms with Gasteiger partial charge in [0, 0.05) is 24.2 Å². The van der Waals surface area contributed by atoms with Crippen LogP contribution in [0.1, 0.15) is 34.1 Å². The highest BCUT2D eigenvalue weighted by molar-refractivity contribution is 6.05. The number of nitrogens with one attached hydrogen (secondary N) is 3. The first-order chi connectivity index (χ1) is 9.29. The molecule has 19 heavy (non-hydrogen) atoms. The lowest BCUT2D eigenvalue weighted by atomic mass is 10.0. The summed E-state index contributed by atoms with van der Waals surface area (Å²) in [5.41, 5.74) is 3.87. The van der Waals surface area contributed by atoms with Crippen molar-refractivity contribution in [1.29, 1.82) is 0 Å². The van der Waals surface area contributed by atoms with Crippen molar-refractivity contribution in [2.45, 2.75) is 26.4 Å². The second kappa shape index (κ2) is 4.85. The molecule has 98 valence electrons. The van der Waals surface area contributed by atoms with Gasteiger partial charge >= 0.3 is 0 Å². The molecule has 0 spiro atoms. The maximum atomic E-state index is 12.3. The predicted molar refractivity (Wildman–Crippen MR) is 72.9 cm³/mol. The first-order valence-corrected chi connectivity index (χ1v) is 6.45. The first-order valence-electron chi connectivity index (χ1n) is 6.45. The van der Waals surface area contributed by atoms with Crippen molar-refractivity contribution in [3.05, 3.63) is 46.6 Å². The molecule has 2 aromatic rings. The summed E-state index contributed by atoms with van der Waals surface area (Å²) in [6.45, 7) is 3.57. The highest BCUT2D eigenvalue weighted by Gasteiger charge is 2.20. The number of anilines is 1. The lowest BCUT2D eigenvalue weighted by molar-refractivity contribution is 0.102. The van der Waals surface area contributed by atoms with Crippen molar-refractivity contribution >= 4 is 11.7 Å². The van der Waals surface area contributed by atoms with Crippen LogP contribution in [0.15, 0.2) is 24.3 Å². The summed E-state index contributed by atoms with van der Waals surface area (Å²) in [5.74, 6) is 0.537. The van der Waals surface area contributed by atoms with E-state index in [1.807, 2.05) is 31.2 Å². The standard InChI is InChI=1S/C14H16N4O/c1-2-9-5-3-4-6-10(9)14(19)16-13-11-7-15-8-12(11)17-18-13/h3-6,15H,2,7-8H2,1H3,(H2,16,17,18,19). The van der Waals surface area contributed by atoms with Crippen LogP contribution in [0, 0.1) is 0 Å². The second-order valence-electron chi connectivity index (χ2n) is 4.60. The summed E-state index contributed by atoms with van der Waals surface area (Å²) in [6.07, 6.45) is 0.837. The van der Waals surface area contributed by atoms with Gasteiger partial charge in [-0.25, -0.2) is 0 Å². The number of aromatic amines is 1. The number of nitrogens with zero attached hydrogens (tertiary/aromatic N) is 1. The summed E-state index contributed by atoms with van der Waals surface area (Å²) in [5, 5.41) is 13.2. The van der Waals surface area contributed by atoms with Crippen molar-refractivity contribution in [2.75, 3.05) is 5.32 Å². The number of benzene rings is 1. The summed E-state index contributed by atoms with van der Waals surface area (Å²) >= 11 is 0. The first kappa shape index (κ1) is 11.9. The number of aryl methyl sites for hydroxylation is 1. The van der Waals surface area contributed by atoms with Gasteiger partial charge in [0.15, 0.2) is 5.82 Å². The highest BCUT2D eigenvalue weighted by atomic mass is 16.1. The number of aromatic nitrogens is 2. The summed E-state index contributed by atoms with van der Waals surface area (Å²) in [7, 11) is 0. The Bertz CT molecular complexity index is 618. The van der Waals surface area contributed by atoms with Crippen LogP contribution >= 0.6 is 0 Å². The molecule has 5 heteroatoms. The van der Waals surface area contributed by atoms with E-state index in [-0.39, 0.29) is 5.91 Å². The van der Waals surface area contributed by atoms with Gasteiger partial charge in [-0.15, -0.1) is 0 Å². The van der Waals surface area contributed by atoms with Crippen LogP contribution in [0.3, 0.4) is 0 Å². The molecule has 3 rings (SSSR count). The second-order valence-corrected chi connectivity index (χ2v) is 4.60. The summed E-state index contributed by atoms with van der Waals surface area (Å²) in [4.78, 5) is 12.3. The van der Waals surface area contributed by atoms with Crippen LogP contribution in [-0.4, -0.2) is 16.1 Å². The third-order valence-electron chi connectivity index (χ3n) is 3.43. The van der Waals surface area contributed by atoms with Crippen molar-refractivity contribution in [3.63, 3.8) is 0 Å². The molecule has 1 aromatic carbocycles. The monoisotopic (exact) mass is 256 g/mol. The highest BCUT2D eigenvalue weighted by Crippen LogP contribution is 2.22. The Hall–Kier alpha value is -2.14. The van der Waals surface area contributed by atoms with E-state index >= 15 is 0 Å². The Balaban J connectivity index is 1.85. The van der Waals surface area contributed by atoms with Crippen molar-refractivity contribution < 1.29 is 4.79 Å². The maximum absolute atomic E-state index is 12.3. The molecule has 1 amide bonds. The summed E-state index contributed by atoms with van der Waals surface area (Å²) in [6, 6.07) is 7.65. The molecule has 0 aliphatic carbocycles. The number of hydrogen-bond acceptors (Lipinski definition) is 3. The molecule has 1 aliphatic rings. The Morgan fingerprint density at radius 2 is 2.21 bits per heavy atom. The Labute approximate surface area is 111 Å². The molecule has 0 radical (unpaired) electrons. The third-order valence-corrected chi connectivity index (χ3v) is 3.43. The van der Waals surface area contributed by atoms with Gasteiger partial charge < -0.3 is 10.6 Å². The Morgan fingerprint density at radius 1 is 1.37 bits per heavy atom. The van der Waals surface area contributed by atoms with E-state index in [1.165, 1.54) is 0 Å². The predicted octanol–water partition coefficient (Wildman–Crippen LogP) is 1.83. The topological polar surface area (TPSA) is 69.8 Å².